The van der Waals surface area contributed by atoms with Gasteiger partial charge < -0.3 is 5.32 Å². The van der Waals surface area contributed by atoms with Crippen LogP contribution >= 0.6 is 0 Å². The Labute approximate surface area is 152 Å². The number of amides is 1. The molecule has 1 amide bonds. The predicted molar refractivity (Wildman–Crippen MR) is 98.1 cm³/mol. The van der Waals surface area contributed by atoms with Crippen molar-refractivity contribution in [2.24, 2.45) is 0 Å². The van der Waals surface area contributed by atoms with E-state index in [1.54, 1.807) is 19.1 Å². The number of carbonyl (C=O) groups excluding carboxylic acids is 1. The minimum Gasteiger partial charge on any atom is -0.322 e. The number of piperidine rings is 1. The van der Waals surface area contributed by atoms with E-state index in [9.17, 15) is 17.6 Å². The highest BCUT2D eigenvalue weighted by Gasteiger charge is 2.26. The van der Waals surface area contributed by atoms with Gasteiger partial charge in [0.05, 0.1) is 4.90 Å². The summed E-state index contributed by atoms with van der Waals surface area (Å²) in [5.41, 5.74) is 1.21. The number of carbonyl (C=O) groups is 1. The number of anilines is 1. The van der Waals surface area contributed by atoms with Crippen LogP contribution in [-0.2, 0) is 10.0 Å². The molecule has 0 aromatic heterocycles. The molecule has 0 bridgehead atoms. The number of benzene rings is 2. The van der Waals surface area contributed by atoms with Crippen LogP contribution in [0.25, 0.3) is 0 Å². The largest absolute Gasteiger partial charge is 0.322 e. The zero-order valence-electron chi connectivity index (χ0n) is 14.5. The molecule has 1 fully saturated rings. The summed E-state index contributed by atoms with van der Waals surface area (Å²) in [6.45, 7) is 2.74. The van der Waals surface area contributed by atoms with Crippen LogP contribution in [0.2, 0.25) is 0 Å². The number of hydrogen-bond acceptors (Lipinski definition) is 3. The van der Waals surface area contributed by atoms with Crippen molar-refractivity contribution in [1.29, 1.82) is 0 Å². The van der Waals surface area contributed by atoms with E-state index in [2.05, 4.69) is 5.32 Å². The van der Waals surface area contributed by atoms with Crippen LogP contribution in [0.5, 0.6) is 0 Å². The third-order valence-corrected chi connectivity index (χ3v) is 6.38. The van der Waals surface area contributed by atoms with E-state index in [0.717, 1.165) is 19.3 Å². The van der Waals surface area contributed by atoms with Gasteiger partial charge in [0.2, 0.25) is 10.0 Å². The smallest absolute Gasteiger partial charge is 0.256 e. The fourth-order valence-corrected chi connectivity index (χ4v) is 4.59. The SMILES string of the molecule is Cc1ccc(F)cc1C(=O)Nc1cccc(S(=O)(=O)N2CCCCC2)c1. The van der Waals surface area contributed by atoms with Crippen molar-refractivity contribution in [1.82, 2.24) is 4.31 Å². The topological polar surface area (TPSA) is 66.5 Å². The van der Waals surface area contributed by atoms with E-state index in [0.29, 0.717) is 24.3 Å². The number of aryl methyl sites for hydroxylation is 1. The molecule has 1 aliphatic heterocycles. The molecule has 7 heteroatoms. The highest BCUT2D eigenvalue weighted by Crippen LogP contribution is 2.23. The Morgan fingerprint density at radius 3 is 2.54 bits per heavy atom. The molecule has 0 unspecified atom stereocenters. The first-order valence-corrected chi connectivity index (χ1v) is 10.00. The fraction of sp³-hybridized carbons (Fsp3) is 0.316. The molecule has 3 rings (SSSR count). The molecule has 5 nitrogen and oxygen atoms in total. The van der Waals surface area contributed by atoms with Gasteiger partial charge in [0, 0.05) is 24.3 Å². The van der Waals surface area contributed by atoms with Gasteiger partial charge in [-0.1, -0.05) is 18.6 Å². The average molecular weight is 376 g/mol. The summed E-state index contributed by atoms with van der Waals surface area (Å²) in [5, 5.41) is 2.65. The number of halogens is 1. The van der Waals surface area contributed by atoms with Crippen molar-refractivity contribution in [3.05, 3.63) is 59.4 Å². The molecule has 1 saturated heterocycles. The number of hydrogen-bond donors (Lipinski definition) is 1. The van der Waals surface area contributed by atoms with Crippen LogP contribution in [0.15, 0.2) is 47.4 Å². The molecule has 138 valence electrons. The first-order valence-electron chi connectivity index (χ1n) is 8.55. The highest BCUT2D eigenvalue weighted by molar-refractivity contribution is 7.89. The summed E-state index contributed by atoms with van der Waals surface area (Å²) in [6, 6.07) is 10.1. The standard InChI is InChI=1S/C19H21FN2O3S/c1-14-8-9-15(20)12-18(14)19(23)21-16-6-5-7-17(13-16)26(24,25)22-10-3-2-4-11-22/h5-9,12-13H,2-4,10-11H2,1H3,(H,21,23). The normalized spacial score (nSPS) is 15.6. The van der Waals surface area contributed by atoms with Crippen LogP contribution in [-0.4, -0.2) is 31.7 Å². The second-order valence-electron chi connectivity index (χ2n) is 6.41. The summed E-state index contributed by atoms with van der Waals surface area (Å²) in [6.07, 6.45) is 2.75. The van der Waals surface area contributed by atoms with Crippen LogP contribution in [0.1, 0.15) is 35.2 Å². The molecule has 0 atom stereocenters. The van der Waals surface area contributed by atoms with Gasteiger partial charge in [-0.15, -0.1) is 0 Å². The van der Waals surface area contributed by atoms with E-state index in [4.69, 9.17) is 0 Å². The Morgan fingerprint density at radius 2 is 1.81 bits per heavy atom. The summed E-state index contributed by atoms with van der Waals surface area (Å²) in [7, 11) is -3.58. The van der Waals surface area contributed by atoms with E-state index in [1.165, 1.54) is 34.6 Å². The van der Waals surface area contributed by atoms with Gasteiger partial charge in [0.15, 0.2) is 0 Å². The minimum atomic E-state index is -3.58. The molecule has 0 aliphatic carbocycles. The van der Waals surface area contributed by atoms with E-state index >= 15 is 0 Å². The maximum absolute atomic E-state index is 13.4. The van der Waals surface area contributed by atoms with Crippen molar-refractivity contribution < 1.29 is 17.6 Å². The zero-order chi connectivity index (χ0) is 18.7. The van der Waals surface area contributed by atoms with Gasteiger partial charge in [0.25, 0.3) is 5.91 Å². The Bertz CT molecular complexity index is 922. The fourth-order valence-electron chi connectivity index (χ4n) is 3.03. The monoisotopic (exact) mass is 376 g/mol. The van der Waals surface area contributed by atoms with Crippen molar-refractivity contribution >= 4 is 21.6 Å². The molecule has 26 heavy (non-hydrogen) atoms. The minimum absolute atomic E-state index is 0.146. The summed E-state index contributed by atoms with van der Waals surface area (Å²) >= 11 is 0. The molecule has 0 spiro atoms. The Hall–Kier alpha value is -2.25. The van der Waals surface area contributed by atoms with Crippen molar-refractivity contribution in [3.63, 3.8) is 0 Å². The molecule has 1 N–H and O–H groups in total. The van der Waals surface area contributed by atoms with Gasteiger partial charge in [-0.05, 0) is 55.7 Å². The molecular formula is C19H21FN2O3S. The Morgan fingerprint density at radius 1 is 1.08 bits per heavy atom. The van der Waals surface area contributed by atoms with Gasteiger partial charge in [-0.25, -0.2) is 12.8 Å². The second kappa shape index (κ2) is 7.55. The van der Waals surface area contributed by atoms with Crippen molar-refractivity contribution in [3.8, 4) is 0 Å². The van der Waals surface area contributed by atoms with E-state index in [-0.39, 0.29) is 10.5 Å². The van der Waals surface area contributed by atoms with Crippen LogP contribution in [0.3, 0.4) is 0 Å². The van der Waals surface area contributed by atoms with Gasteiger partial charge in [-0.3, -0.25) is 4.79 Å². The number of nitrogens with one attached hydrogen (secondary N) is 1. The van der Waals surface area contributed by atoms with Gasteiger partial charge >= 0.3 is 0 Å². The lowest BCUT2D eigenvalue weighted by molar-refractivity contribution is 0.102. The number of sulfonamides is 1. The lowest BCUT2D eigenvalue weighted by Crippen LogP contribution is -2.35. The van der Waals surface area contributed by atoms with E-state index < -0.39 is 21.7 Å². The summed E-state index contributed by atoms with van der Waals surface area (Å²) < 4.78 is 40.4. The maximum Gasteiger partial charge on any atom is 0.256 e. The second-order valence-corrected chi connectivity index (χ2v) is 8.34. The molecule has 2 aromatic rings. The summed E-state index contributed by atoms with van der Waals surface area (Å²) in [5.74, 6) is -0.975. The van der Waals surface area contributed by atoms with Crippen LogP contribution in [0, 0.1) is 12.7 Å². The third-order valence-electron chi connectivity index (χ3n) is 4.49. The average Bonchev–Trinajstić information content (AvgIpc) is 2.64. The predicted octanol–water partition coefficient (Wildman–Crippen LogP) is 3.56. The Kier molecular flexibility index (Phi) is 5.38. The molecule has 0 radical (unpaired) electrons. The van der Waals surface area contributed by atoms with Crippen molar-refractivity contribution in [2.75, 3.05) is 18.4 Å². The number of rotatable bonds is 4. The number of nitrogens with zero attached hydrogens (tertiary/aromatic N) is 1. The Balaban J connectivity index is 1.83. The molecule has 2 aromatic carbocycles. The van der Waals surface area contributed by atoms with Crippen LogP contribution < -0.4 is 5.32 Å². The highest BCUT2D eigenvalue weighted by atomic mass is 32.2. The molecule has 1 aliphatic rings. The van der Waals surface area contributed by atoms with E-state index in [1.807, 2.05) is 0 Å². The third kappa shape index (κ3) is 3.94. The first-order chi connectivity index (χ1) is 12.4. The first kappa shape index (κ1) is 18.5. The quantitative estimate of drug-likeness (QED) is 0.887. The van der Waals surface area contributed by atoms with Crippen LogP contribution in [0.4, 0.5) is 10.1 Å². The van der Waals surface area contributed by atoms with Gasteiger partial charge in [-0.2, -0.15) is 4.31 Å². The van der Waals surface area contributed by atoms with Crippen molar-refractivity contribution in [2.45, 2.75) is 31.1 Å². The summed E-state index contributed by atoms with van der Waals surface area (Å²) in [4.78, 5) is 12.6. The molecule has 0 saturated carbocycles. The maximum atomic E-state index is 13.4. The molecule has 1 heterocycles. The lowest BCUT2D eigenvalue weighted by atomic mass is 10.1. The molecular weight excluding hydrogens is 355 g/mol. The zero-order valence-corrected chi connectivity index (χ0v) is 15.4. The van der Waals surface area contributed by atoms with Gasteiger partial charge in [0.1, 0.15) is 5.82 Å². The lowest BCUT2D eigenvalue weighted by Gasteiger charge is -2.26.